The quantitative estimate of drug-likeness (QED) is 0.196. The van der Waals surface area contributed by atoms with Crippen LogP contribution in [-0.4, -0.2) is 114 Å². The Bertz CT molecular complexity index is 1850. The Morgan fingerprint density at radius 3 is 2.48 bits per heavy atom. The Hall–Kier alpha value is -4.70. The summed E-state index contributed by atoms with van der Waals surface area (Å²) in [7, 11) is 1.26. The van der Waals surface area contributed by atoms with E-state index in [1.807, 2.05) is 0 Å². The number of amides is 2. The monoisotopic (exact) mass is 666 g/mol. The largest absolute Gasteiger partial charge is 0.494 e. The van der Waals surface area contributed by atoms with Crippen LogP contribution in [0.25, 0.3) is 16.9 Å². The molecule has 4 atom stereocenters. The van der Waals surface area contributed by atoms with Crippen molar-refractivity contribution in [2.24, 2.45) is 5.92 Å². The lowest BCUT2D eigenvalue weighted by Gasteiger charge is -2.45. The normalized spacial score (nSPS) is 21.8. The van der Waals surface area contributed by atoms with E-state index in [1.54, 1.807) is 40.6 Å². The average Bonchev–Trinajstić information content (AvgIpc) is 3.53. The summed E-state index contributed by atoms with van der Waals surface area (Å²) in [5.41, 5.74) is 2.48. The molecule has 0 spiro atoms. The van der Waals surface area contributed by atoms with Gasteiger partial charge in [-0.15, -0.1) is 0 Å². The number of fused-ring (bicyclic) bond motifs is 1. The van der Waals surface area contributed by atoms with Crippen molar-refractivity contribution in [1.82, 2.24) is 24.2 Å². The fourth-order valence-electron chi connectivity index (χ4n) is 6.49. The lowest BCUT2D eigenvalue weighted by Crippen LogP contribution is -2.65. The Morgan fingerprint density at radius 2 is 1.79 bits per heavy atom. The number of halogens is 2. The van der Waals surface area contributed by atoms with Crippen molar-refractivity contribution in [1.29, 1.82) is 0 Å². The van der Waals surface area contributed by atoms with E-state index in [1.165, 1.54) is 36.5 Å². The van der Waals surface area contributed by atoms with E-state index >= 15 is 0 Å². The molecule has 2 fully saturated rings. The fourth-order valence-corrected chi connectivity index (χ4v) is 6.49. The van der Waals surface area contributed by atoms with Gasteiger partial charge < -0.3 is 40.3 Å². The number of benzene rings is 2. The van der Waals surface area contributed by atoms with Gasteiger partial charge in [-0.05, 0) is 55.7 Å². The van der Waals surface area contributed by atoms with Gasteiger partial charge in [0, 0.05) is 54.8 Å². The number of aliphatic hydroxyl groups is 4. The summed E-state index contributed by atoms with van der Waals surface area (Å²) in [5.74, 6) is -3.02. The molecular weight excluding hydrogens is 630 g/mol. The number of imidazole rings is 1. The number of piperidine rings is 2. The minimum absolute atomic E-state index is 0.00310. The zero-order valence-corrected chi connectivity index (χ0v) is 26.3. The van der Waals surface area contributed by atoms with Crippen molar-refractivity contribution in [2.75, 3.05) is 38.7 Å². The Kier molecular flexibility index (Phi) is 9.29. The van der Waals surface area contributed by atoms with E-state index < -0.39 is 48.5 Å². The van der Waals surface area contributed by atoms with E-state index in [4.69, 9.17) is 4.74 Å². The zero-order valence-electron chi connectivity index (χ0n) is 26.3. The average molecular weight is 667 g/mol. The van der Waals surface area contributed by atoms with Crippen LogP contribution in [0, 0.1) is 24.5 Å². The summed E-state index contributed by atoms with van der Waals surface area (Å²) >= 11 is 0. The van der Waals surface area contributed by atoms with Crippen LogP contribution in [0.3, 0.4) is 0 Å². The highest BCUT2D eigenvalue weighted by molar-refractivity contribution is 5.96. The van der Waals surface area contributed by atoms with E-state index in [2.05, 4.69) is 15.3 Å². The molecule has 6 rings (SSSR count). The molecule has 4 heterocycles. The molecule has 0 bridgehead atoms. The van der Waals surface area contributed by atoms with E-state index in [9.17, 15) is 38.8 Å². The van der Waals surface area contributed by atoms with Gasteiger partial charge in [0.05, 0.1) is 31.6 Å². The molecule has 13 nitrogen and oxygen atoms in total. The van der Waals surface area contributed by atoms with E-state index in [0.29, 0.717) is 59.9 Å². The predicted molar refractivity (Wildman–Crippen MR) is 169 cm³/mol. The number of anilines is 2. The summed E-state index contributed by atoms with van der Waals surface area (Å²) in [6.07, 6.45) is 0.976. The number of nitrogens with zero attached hydrogens (tertiary/aromatic N) is 5. The number of methoxy groups -OCH3 is 1. The number of carbonyl (C=O) groups is 2. The third kappa shape index (κ3) is 5.94. The zero-order chi connectivity index (χ0) is 34.3. The predicted octanol–water partition coefficient (Wildman–Crippen LogP) is 1.87. The molecule has 0 saturated carbocycles. The van der Waals surface area contributed by atoms with Crippen molar-refractivity contribution in [2.45, 2.75) is 44.1 Å². The number of aryl methyl sites for hydroxylation is 1. The first-order valence-electron chi connectivity index (χ1n) is 15.5. The highest BCUT2D eigenvalue weighted by Crippen LogP contribution is 2.32. The summed E-state index contributed by atoms with van der Waals surface area (Å²) in [6, 6.07) is 6.93. The van der Waals surface area contributed by atoms with Gasteiger partial charge in [0.2, 0.25) is 11.7 Å². The summed E-state index contributed by atoms with van der Waals surface area (Å²) < 4.78 is 35.7. The van der Waals surface area contributed by atoms with Gasteiger partial charge in [-0.1, -0.05) is 0 Å². The van der Waals surface area contributed by atoms with Crippen molar-refractivity contribution >= 4 is 29.0 Å². The number of β-amino-alcohol motifs (C(OH)–C–C–N with tert-alkyl or cyclic N) is 1. The second kappa shape index (κ2) is 13.4. The summed E-state index contributed by atoms with van der Waals surface area (Å²) in [5, 5.41) is 43.2. The Labute approximate surface area is 274 Å². The van der Waals surface area contributed by atoms with Gasteiger partial charge in [0.15, 0.2) is 23.0 Å². The van der Waals surface area contributed by atoms with Gasteiger partial charge in [0.1, 0.15) is 18.3 Å². The third-order valence-corrected chi connectivity index (χ3v) is 9.21. The number of aliphatic hydroxyl groups excluding tert-OH is 4. The van der Waals surface area contributed by atoms with Crippen molar-refractivity contribution in [3.63, 3.8) is 0 Å². The number of hydrogen-bond donors (Lipinski definition) is 5. The van der Waals surface area contributed by atoms with Crippen LogP contribution in [0.1, 0.15) is 28.8 Å². The fraction of sp³-hybridized carbons (Fsp3) is 0.394. The topological polar surface area (TPSA) is 173 Å². The Balaban J connectivity index is 1.13. The maximum Gasteiger partial charge on any atom is 0.254 e. The molecule has 48 heavy (non-hydrogen) atoms. The molecule has 5 N–H and O–H groups in total. The van der Waals surface area contributed by atoms with Gasteiger partial charge in [0.25, 0.3) is 5.91 Å². The molecule has 2 saturated heterocycles. The molecule has 2 aliphatic heterocycles. The highest BCUT2D eigenvalue weighted by atomic mass is 19.2. The van der Waals surface area contributed by atoms with Crippen LogP contribution in [0.2, 0.25) is 0 Å². The summed E-state index contributed by atoms with van der Waals surface area (Å²) in [6.45, 7) is 1.67. The lowest BCUT2D eigenvalue weighted by atomic mass is 9.89. The van der Waals surface area contributed by atoms with Crippen molar-refractivity contribution in [3.05, 3.63) is 71.7 Å². The van der Waals surface area contributed by atoms with Crippen molar-refractivity contribution < 1.29 is 43.5 Å². The Morgan fingerprint density at radius 1 is 1.04 bits per heavy atom. The second-order valence-corrected chi connectivity index (χ2v) is 12.1. The van der Waals surface area contributed by atoms with Gasteiger partial charge in [-0.25, -0.2) is 14.4 Å². The van der Waals surface area contributed by atoms with Crippen molar-refractivity contribution in [3.8, 4) is 17.0 Å². The molecule has 2 aromatic carbocycles. The molecular formula is C33H36F2N6O7. The molecule has 2 aromatic heterocycles. The standard InChI is InChI=1S/C33H36F2N6O7/c1-17-13-19(38-30-31-37-14-22(40(31)12-9-36-30)21-5-6-25(48-2)27(35)26(21)34)3-4-20(17)33(47)39-10-7-18(8-11-39)32(46)41-15-24(43)29(45)28(44)23(41)16-42/h3-6,9,12-14,18,23-24,28-29,42-45H,7-8,10-11,15-16H2,1-2H3,(H,36,38)/t23-,24+,28-,29-/m1/s1. The highest BCUT2D eigenvalue weighted by Gasteiger charge is 2.45. The second-order valence-electron chi connectivity index (χ2n) is 12.1. The van der Waals surface area contributed by atoms with Gasteiger partial charge >= 0.3 is 0 Å². The maximum atomic E-state index is 14.9. The molecule has 0 radical (unpaired) electrons. The first-order chi connectivity index (χ1) is 23.0. The van der Waals surface area contributed by atoms with Crippen LogP contribution in [-0.2, 0) is 4.79 Å². The van der Waals surface area contributed by atoms with Crippen LogP contribution >= 0.6 is 0 Å². The van der Waals surface area contributed by atoms with Crippen LogP contribution in [0.5, 0.6) is 5.75 Å². The maximum absolute atomic E-state index is 14.9. The third-order valence-electron chi connectivity index (χ3n) is 9.21. The lowest BCUT2D eigenvalue weighted by molar-refractivity contribution is -0.170. The van der Waals surface area contributed by atoms with Gasteiger partial charge in [-0.3, -0.25) is 14.0 Å². The first-order valence-corrected chi connectivity index (χ1v) is 15.5. The molecule has 2 amide bonds. The number of rotatable bonds is 7. The molecule has 0 aliphatic carbocycles. The first kappa shape index (κ1) is 33.2. The molecule has 254 valence electrons. The smallest absolute Gasteiger partial charge is 0.254 e. The minimum Gasteiger partial charge on any atom is -0.494 e. The van der Waals surface area contributed by atoms with Gasteiger partial charge in [-0.2, -0.15) is 4.39 Å². The SMILES string of the molecule is COc1ccc(-c2cnc3c(Nc4ccc(C(=O)N5CCC(C(=O)N6C[C@H](O)[C@@H](O)[C@H](O)[C@H]6CO)CC5)c(C)c4)nccn23)c(F)c1F. The molecule has 0 unspecified atom stereocenters. The number of nitrogens with one attached hydrogen (secondary N) is 1. The number of carbonyl (C=O) groups excluding carboxylic acids is 2. The molecule has 15 heteroatoms. The van der Waals surface area contributed by atoms with Crippen LogP contribution in [0.4, 0.5) is 20.3 Å². The van der Waals surface area contributed by atoms with E-state index in [-0.39, 0.29) is 29.7 Å². The molecule has 2 aliphatic rings. The number of likely N-dealkylation sites (tertiary alicyclic amines) is 2. The number of ether oxygens (including phenoxy) is 1. The minimum atomic E-state index is -1.47. The van der Waals surface area contributed by atoms with Crippen LogP contribution < -0.4 is 10.1 Å². The van der Waals surface area contributed by atoms with E-state index in [0.717, 1.165) is 0 Å². The molecule has 4 aromatic rings. The number of aromatic nitrogens is 3. The summed E-state index contributed by atoms with van der Waals surface area (Å²) in [4.78, 5) is 38.4. The number of hydrogen-bond acceptors (Lipinski definition) is 10. The van der Waals surface area contributed by atoms with Crippen LogP contribution in [0.15, 0.2) is 48.9 Å².